The predicted molar refractivity (Wildman–Crippen MR) is 104 cm³/mol. The van der Waals surface area contributed by atoms with Crippen LogP contribution in [0.3, 0.4) is 0 Å². The Balaban J connectivity index is 1.30. The van der Waals surface area contributed by atoms with Crippen LogP contribution in [0.1, 0.15) is 6.42 Å². The van der Waals surface area contributed by atoms with Crippen molar-refractivity contribution >= 4 is 27.5 Å². The third-order valence-corrected chi connectivity index (χ3v) is 5.55. The Morgan fingerprint density at radius 2 is 2.16 bits per heavy atom. The largest absolute Gasteiger partial charge is 0.361 e. The van der Waals surface area contributed by atoms with Crippen LogP contribution in [-0.2, 0) is 0 Å². The third-order valence-electron chi connectivity index (χ3n) is 4.75. The predicted octanol–water partition coefficient (Wildman–Crippen LogP) is 2.74. The topological polar surface area (TPSA) is 60.1 Å². The number of hydrogen-bond acceptors (Lipinski definition) is 6. The molecule has 0 atom stereocenters. The van der Waals surface area contributed by atoms with Crippen LogP contribution in [0.25, 0.3) is 22.3 Å². The molecule has 4 rings (SSSR count). The quantitative estimate of drug-likeness (QED) is 0.665. The summed E-state index contributed by atoms with van der Waals surface area (Å²) >= 11 is 1.67. The number of fused-ring (bicyclic) bond motifs is 1. The lowest BCUT2D eigenvalue weighted by atomic mass is 10.2. The van der Waals surface area contributed by atoms with E-state index in [1.807, 2.05) is 12.3 Å². The Morgan fingerprint density at radius 1 is 1.28 bits per heavy atom. The van der Waals surface area contributed by atoms with Gasteiger partial charge in [-0.15, -0.1) is 11.3 Å². The van der Waals surface area contributed by atoms with Crippen molar-refractivity contribution < 1.29 is 0 Å². The molecule has 7 heteroatoms. The number of piperazine rings is 1. The van der Waals surface area contributed by atoms with Crippen LogP contribution in [0.15, 0.2) is 29.9 Å². The molecule has 0 aliphatic carbocycles. The fourth-order valence-electron chi connectivity index (χ4n) is 3.22. The van der Waals surface area contributed by atoms with Crippen LogP contribution in [0.5, 0.6) is 0 Å². The van der Waals surface area contributed by atoms with Crippen molar-refractivity contribution in [1.29, 1.82) is 0 Å². The number of hydrogen-bond donors (Lipinski definition) is 2. The van der Waals surface area contributed by atoms with E-state index < -0.39 is 0 Å². The molecule has 0 unspecified atom stereocenters. The van der Waals surface area contributed by atoms with Crippen LogP contribution in [-0.4, -0.2) is 71.1 Å². The monoisotopic (exact) mass is 356 g/mol. The number of thiazole rings is 1. The number of H-pyrrole nitrogens is 1. The summed E-state index contributed by atoms with van der Waals surface area (Å²) in [7, 11) is 2.20. The summed E-state index contributed by atoms with van der Waals surface area (Å²) in [5, 5.41) is 7.69. The highest BCUT2D eigenvalue weighted by Crippen LogP contribution is 2.30. The van der Waals surface area contributed by atoms with Gasteiger partial charge in [0, 0.05) is 61.4 Å². The van der Waals surface area contributed by atoms with Crippen LogP contribution in [0, 0.1) is 0 Å². The van der Waals surface area contributed by atoms with Gasteiger partial charge in [0.2, 0.25) is 0 Å². The lowest BCUT2D eigenvalue weighted by Gasteiger charge is -2.32. The van der Waals surface area contributed by atoms with Crippen LogP contribution >= 0.6 is 11.3 Å². The molecule has 3 aromatic rings. The second kappa shape index (κ2) is 7.51. The summed E-state index contributed by atoms with van der Waals surface area (Å²) < 4.78 is 0. The molecule has 2 N–H and O–H groups in total. The van der Waals surface area contributed by atoms with Crippen LogP contribution in [0.2, 0.25) is 0 Å². The van der Waals surface area contributed by atoms with E-state index in [2.05, 4.69) is 43.6 Å². The van der Waals surface area contributed by atoms with Gasteiger partial charge in [-0.1, -0.05) is 0 Å². The summed E-state index contributed by atoms with van der Waals surface area (Å²) in [5.74, 6) is 0. The SMILES string of the molecule is CN1CCN(CCCNc2nc(-c3c[nH]c4ncccc34)cs2)CC1. The zero-order valence-electron chi connectivity index (χ0n) is 14.5. The first-order chi connectivity index (χ1) is 12.3. The van der Waals surface area contributed by atoms with Crippen LogP contribution in [0.4, 0.5) is 5.13 Å². The molecule has 0 spiro atoms. The van der Waals surface area contributed by atoms with Crippen molar-refractivity contribution in [1.82, 2.24) is 24.8 Å². The first kappa shape index (κ1) is 16.5. The van der Waals surface area contributed by atoms with E-state index in [0.29, 0.717) is 0 Å². The maximum absolute atomic E-state index is 4.74. The zero-order valence-corrected chi connectivity index (χ0v) is 15.4. The molecule has 0 saturated carbocycles. The minimum Gasteiger partial charge on any atom is -0.361 e. The van der Waals surface area contributed by atoms with Gasteiger partial charge in [-0.2, -0.15) is 0 Å². The first-order valence-electron chi connectivity index (χ1n) is 8.82. The highest BCUT2D eigenvalue weighted by atomic mass is 32.1. The van der Waals surface area contributed by atoms with E-state index in [9.17, 15) is 0 Å². The Labute approximate surface area is 151 Å². The van der Waals surface area contributed by atoms with Gasteiger partial charge in [0.05, 0.1) is 5.69 Å². The normalized spacial score (nSPS) is 16.5. The Hall–Kier alpha value is -1.96. The summed E-state index contributed by atoms with van der Waals surface area (Å²) in [6, 6.07) is 4.04. The van der Waals surface area contributed by atoms with E-state index in [0.717, 1.165) is 46.9 Å². The van der Waals surface area contributed by atoms with E-state index >= 15 is 0 Å². The number of rotatable bonds is 6. The summed E-state index contributed by atoms with van der Waals surface area (Å²) in [4.78, 5) is 17.2. The summed E-state index contributed by atoms with van der Waals surface area (Å²) in [5.41, 5.74) is 3.03. The Morgan fingerprint density at radius 3 is 3.04 bits per heavy atom. The average Bonchev–Trinajstić information content (AvgIpc) is 3.27. The zero-order chi connectivity index (χ0) is 17.1. The van der Waals surface area contributed by atoms with Crippen molar-refractivity contribution in [3.05, 3.63) is 29.9 Å². The highest BCUT2D eigenvalue weighted by molar-refractivity contribution is 7.14. The average molecular weight is 356 g/mol. The minimum atomic E-state index is 0.909. The molecule has 25 heavy (non-hydrogen) atoms. The number of aromatic amines is 1. The van der Waals surface area contributed by atoms with Crippen molar-refractivity contribution in [3.8, 4) is 11.3 Å². The molecule has 4 heterocycles. The van der Waals surface area contributed by atoms with E-state index in [-0.39, 0.29) is 0 Å². The maximum Gasteiger partial charge on any atom is 0.183 e. The number of pyridine rings is 1. The Bertz CT molecular complexity index is 818. The number of likely N-dealkylation sites (N-methyl/N-ethyl adjacent to an activating group) is 1. The lowest BCUT2D eigenvalue weighted by Crippen LogP contribution is -2.44. The fraction of sp³-hybridized carbons (Fsp3) is 0.444. The number of aromatic nitrogens is 3. The van der Waals surface area contributed by atoms with Gasteiger partial charge in [-0.25, -0.2) is 9.97 Å². The molecule has 1 aliphatic heterocycles. The van der Waals surface area contributed by atoms with E-state index in [1.165, 1.54) is 26.2 Å². The van der Waals surface area contributed by atoms with Crippen molar-refractivity contribution in [3.63, 3.8) is 0 Å². The highest BCUT2D eigenvalue weighted by Gasteiger charge is 2.13. The van der Waals surface area contributed by atoms with Crippen LogP contribution < -0.4 is 5.32 Å². The van der Waals surface area contributed by atoms with E-state index in [1.54, 1.807) is 17.5 Å². The Kier molecular flexibility index (Phi) is 4.96. The molecule has 6 nitrogen and oxygen atoms in total. The fourth-order valence-corrected chi connectivity index (χ4v) is 3.96. The molecular weight excluding hydrogens is 332 g/mol. The van der Waals surface area contributed by atoms with Crippen molar-refractivity contribution in [2.75, 3.05) is 51.6 Å². The molecule has 0 amide bonds. The van der Waals surface area contributed by atoms with Crippen molar-refractivity contribution in [2.24, 2.45) is 0 Å². The molecule has 0 radical (unpaired) electrons. The van der Waals surface area contributed by atoms with Gasteiger partial charge in [0.15, 0.2) is 5.13 Å². The maximum atomic E-state index is 4.74. The number of nitrogens with zero attached hydrogens (tertiary/aromatic N) is 4. The second-order valence-electron chi connectivity index (χ2n) is 6.57. The van der Waals surface area contributed by atoms with Gasteiger partial charge in [-0.3, -0.25) is 0 Å². The van der Waals surface area contributed by atoms with Gasteiger partial charge in [0.25, 0.3) is 0 Å². The van der Waals surface area contributed by atoms with Crippen molar-refractivity contribution in [2.45, 2.75) is 6.42 Å². The number of anilines is 1. The molecule has 0 bridgehead atoms. The van der Waals surface area contributed by atoms with E-state index in [4.69, 9.17) is 4.98 Å². The summed E-state index contributed by atoms with van der Waals surface area (Å²) in [6.07, 6.45) is 4.94. The first-order valence-corrected chi connectivity index (χ1v) is 9.70. The number of nitrogens with one attached hydrogen (secondary N) is 2. The smallest absolute Gasteiger partial charge is 0.183 e. The molecule has 132 valence electrons. The summed E-state index contributed by atoms with van der Waals surface area (Å²) in [6.45, 7) is 6.87. The third kappa shape index (κ3) is 3.84. The molecule has 1 fully saturated rings. The van der Waals surface area contributed by atoms with Gasteiger partial charge < -0.3 is 20.1 Å². The molecule has 1 aliphatic rings. The van der Waals surface area contributed by atoms with Gasteiger partial charge in [0.1, 0.15) is 5.65 Å². The molecule has 0 aromatic carbocycles. The van der Waals surface area contributed by atoms with Gasteiger partial charge >= 0.3 is 0 Å². The minimum absolute atomic E-state index is 0.909. The molecular formula is C18H24N6S. The molecule has 1 saturated heterocycles. The standard InChI is InChI=1S/C18H24N6S/c1-23-8-10-24(11-9-23)7-3-6-20-18-22-16(13-25-18)15-12-21-17-14(15)4-2-5-19-17/h2,4-5,12-13H,3,6-11H2,1H3,(H,19,21)(H,20,22). The van der Waals surface area contributed by atoms with Gasteiger partial charge in [-0.05, 0) is 32.1 Å². The lowest BCUT2D eigenvalue weighted by molar-refractivity contribution is 0.154. The second-order valence-corrected chi connectivity index (χ2v) is 7.42. The molecule has 3 aromatic heterocycles.